The van der Waals surface area contributed by atoms with Gasteiger partial charge < -0.3 is 5.32 Å². The highest BCUT2D eigenvalue weighted by atomic mass is 32.2. The number of aryl methyl sites for hydroxylation is 2. The fraction of sp³-hybridized carbons (Fsp3) is 0.263. The summed E-state index contributed by atoms with van der Waals surface area (Å²) in [6, 6.07) is 13.4. The van der Waals surface area contributed by atoms with Crippen LogP contribution in [0.5, 0.6) is 0 Å². The third-order valence-corrected chi connectivity index (χ3v) is 4.65. The van der Waals surface area contributed by atoms with E-state index in [1.54, 1.807) is 30.0 Å². The summed E-state index contributed by atoms with van der Waals surface area (Å²) in [7, 11) is 0. The van der Waals surface area contributed by atoms with E-state index in [0.29, 0.717) is 23.4 Å². The smallest absolute Gasteiger partial charge is 0.225 e. The van der Waals surface area contributed by atoms with Crippen LogP contribution >= 0.6 is 11.8 Å². The van der Waals surface area contributed by atoms with Crippen molar-refractivity contribution in [3.05, 3.63) is 59.2 Å². The Bertz CT molecular complexity index is 725. The van der Waals surface area contributed by atoms with Gasteiger partial charge in [-0.05, 0) is 56.2 Å². The second kappa shape index (κ2) is 7.97. The van der Waals surface area contributed by atoms with Gasteiger partial charge in [0.15, 0.2) is 5.78 Å². The van der Waals surface area contributed by atoms with Crippen molar-refractivity contribution < 1.29 is 9.59 Å². The number of benzene rings is 2. The summed E-state index contributed by atoms with van der Waals surface area (Å²) in [5.74, 6) is 0.580. The van der Waals surface area contributed by atoms with E-state index in [0.717, 1.165) is 0 Å². The van der Waals surface area contributed by atoms with Crippen LogP contribution in [0.2, 0.25) is 0 Å². The highest BCUT2D eigenvalue weighted by molar-refractivity contribution is 7.99. The Morgan fingerprint density at radius 3 is 2.48 bits per heavy atom. The number of Topliss-reactive ketones (excluding diaryl/α,β-unsaturated/α-hetero) is 1. The Morgan fingerprint density at radius 2 is 1.78 bits per heavy atom. The van der Waals surface area contributed by atoms with Crippen molar-refractivity contribution in [3.8, 4) is 0 Å². The highest BCUT2D eigenvalue weighted by Crippen LogP contribution is 2.22. The summed E-state index contributed by atoms with van der Waals surface area (Å²) in [6.45, 7) is 5.68. The fourth-order valence-electron chi connectivity index (χ4n) is 2.18. The number of anilines is 1. The van der Waals surface area contributed by atoms with Gasteiger partial charge in [-0.1, -0.05) is 18.2 Å². The van der Waals surface area contributed by atoms with Gasteiger partial charge in [-0.25, -0.2) is 0 Å². The van der Waals surface area contributed by atoms with Crippen LogP contribution in [-0.2, 0) is 4.79 Å². The van der Waals surface area contributed by atoms with Gasteiger partial charge in [-0.2, -0.15) is 0 Å². The van der Waals surface area contributed by atoms with Crippen molar-refractivity contribution in [1.82, 2.24) is 0 Å². The van der Waals surface area contributed by atoms with E-state index in [1.807, 2.05) is 6.07 Å². The number of amides is 1. The topological polar surface area (TPSA) is 46.2 Å². The molecule has 0 unspecified atom stereocenters. The quantitative estimate of drug-likeness (QED) is 0.621. The van der Waals surface area contributed by atoms with Crippen LogP contribution in [-0.4, -0.2) is 17.4 Å². The van der Waals surface area contributed by atoms with E-state index >= 15 is 0 Å². The first-order valence-corrected chi connectivity index (χ1v) is 8.56. The molecule has 0 saturated heterocycles. The van der Waals surface area contributed by atoms with Crippen molar-refractivity contribution >= 4 is 29.1 Å². The van der Waals surface area contributed by atoms with Crippen molar-refractivity contribution in [2.75, 3.05) is 11.1 Å². The average molecular weight is 327 g/mol. The summed E-state index contributed by atoms with van der Waals surface area (Å²) < 4.78 is 0. The average Bonchev–Trinajstić information content (AvgIpc) is 2.51. The molecule has 0 radical (unpaired) electrons. The molecule has 0 fully saturated rings. The number of carbonyl (C=O) groups excluding carboxylic acids is 2. The van der Waals surface area contributed by atoms with Gasteiger partial charge in [-0.15, -0.1) is 11.8 Å². The number of para-hydroxylation sites is 1. The molecule has 1 N–H and O–H groups in total. The predicted molar refractivity (Wildman–Crippen MR) is 96.3 cm³/mol. The van der Waals surface area contributed by atoms with Crippen molar-refractivity contribution in [2.45, 2.75) is 32.1 Å². The molecular weight excluding hydrogens is 306 g/mol. The number of nitrogens with one attached hydrogen (secondary N) is 1. The minimum absolute atomic E-state index is 0.0506. The lowest BCUT2D eigenvalue weighted by Crippen LogP contribution is -2.14. The van der Waals surface area contributed by atoms with E-state index in [4.69, 9.17) is 0 Å². The number of hydrogen-bond acceptors (Lipinski definition) is 3. The van der Waals surface area contributed by atoms with E-state index < -0.39 is 0 Å². The molecule has 0 saturated carbocycles. The number of ketones is 1. The Hall–Kier alpha value is -2.07. The molecule has 0 heterocycles. The maximum absolute atomic E-state index is 12.1. The molecule has 0 spiro atoms. The van der Waals surface area contributed by atoms with Crippen molar-refractivity contribution in [3.63, 3.8) is 0 Å². The molecule has 120 valence electrons. The summed E-state index contributed by atoms with van der Waals surface area (Å²) >= 11 is 1.66. The maximum Gasteiger partial charge on any atom is 0.225 e. The van der Waals surface area contributed by atoms with Gasteiger partial charge in [0.2, 0.25) is 5.91 Å². The third-order valence-electron chi connectivity index (χ3n) is 3.66. The van der Waals surface area contributed by atoms with Crippen molar-refractivity contribution in [1.29, 1.82) is 0 Å². The number of hydrogen-bond donors (Lipinski definition) is 1. The number of carbonyl (C=O) groups is 2. The van der Waals surface area contributed by atoms with Crippen LogP contribution < -0.4 is 5.32 Å². The summed E-state index contributed by atoms with van der Waals surface area (Å²) in [4.78, 5) is 24.8. The Kier molecular flexibility index (Phi) is 5.99. The Morgan fingerprint density at radius 1 is 1.04 bits per heavy atom. The first-order valence-electron chi connectivity index (χ1n) is 7.57. The highest BCUT2D eigenvalue weighted by Gasteiger charge is 2.09. The fourth-order valence-corrected chi connectivity index (χ4v) is 3.12. The zero-order chi connectivity index (χ0) is 16.8. The zero-order valence-electron chi connectivity index (χ0n) is 13.7. The van der Waals surface area contributed by atoms with Crippen LogP contribution in [0.15, 0.2) is 47.4 Å². The SMILES string of the molecule is CC(=O)c1ccccc1NC(=O)CCSc1ccc(C)c(C)c1. The van der Waals surface area contributed by atoms with Crippen LogP contribution in [0.1, 0.15) is 34.8 Å². The lowest BCUT2D eigenvalue weighted by molar-refractivity contribution is -0.115. The molecule has 23 heavy (non-hydrogen) atoms. The molecule has 2 aromatic rings. The van der Waals surface area contributed by atoms with E-state index in [-0.39, 0.29) is 11.7 Å². The monoisotopic (exact) mass is 327 g/mol. The zero-order valence-corrected chi connectivity index (χ0v) is 14.5. The van der Waals surface area contributed by atoms with Gasteiger partial charge in [0, 0.05) is 22.6 Å². The predicted octanol–water partition coefficient (Wildman–Crippen LogP) is 4.63. The first-order chi connectivity index (χ1) is 11.0. The molecule has 0 aliphatic heterocycles. The molecule has 0 atom stereocenters. The van der Waals surface area contributed by atoms with Crippen LogP contribution in [0.3, 0.4) is 0 Å². The molecule has 2 rings (SSSR count). The lowest BCUT2D eigenvalue weighted by Gasteiger charge is -2.09. The largest absolute Gasteiger partial charge is 0.325 e. The molecule has 0 bridgehead atoms. The molecule has 3 nitrogen and oxygen atoms in total. The molecule has 2 aromatic carbocycles. The Balaban J connectivity index is 1.88. The standard InChI is InChI=1S/C19H21NO2S/c1-13-8-9-16(12-14(13)2)23-11-10-19(22)20-18-7-5-4-6-17(18)15(3)21/h4-9,12H,10-11H2,1-3H3,(H,20,22). The third kappa shape index (κ3) is 4.96. The van der Waals surface area contributed by atoms with Crippen molar-refractivity contribution in [2.24, 2.45) is 0 Å². The molecule has 0 aromatic heterocycles. The normalized spacial score (nSPS) is 10.4. The second-order valence-electron chi connectivity index (χ2n) is 5.49. The van der Waals surface area contributed by atoms with Gasteiger partial charge in [0.05, 0.1) is 5.69 Å². The van der Waals surface area contributed by atoms with Crippen LogP contribution in [0.4, 0.5) is 5.69 Å². The van der Waals surface area contributed by atoms with Gasteiger partial charge in [0.1, 0.15) is 0 Å². The summed E-state index contributed by atoms with van der Waals surface area (Å²) in [5.41, 5.74) is 3.66. The summed E-state index contributed by atoms with van der Waals surface area (Å²) in [6.07, 6.45) is 0.407. The molecular formula is C19H21NO2S. The first kappa shape index (κ1) is 17.3. The Labute approximate surface area is 141 Å². The van der Waals surface area contributed by atoms with E-state index in [1.165, 1.54) is 22.9 Å². The van der Waals surface area contributed by atoms with Gasteiger partial charge in [0.25, 0.3) is 0 Å². The minimum atomic E-state index is -0.0740. The molecule has 0 aliphatic rings. The van der Waals surface area contributed by atoms with Crippen LogP contribution in [0.25, 0.3) is 0 Å². The molecule has 4 heteroatoms. The second-order valence-corrected chi connectivity index (χ2v) is 6.66. The van der Waals surface area contributed by atoms with E-state index in [2.05, 4.69) is 37.4 Å². The minimum Gasteiger partial charge on any atom is -0.325 e. The molecule has 1 amide bonds. The number of rotatable bonds is 6. The summed E-state index contributed by atoms with van der Waals surface area (Å²) in [5, 5.41) is 2.83. The van der Waals surface area contributed by atoms with Gasteiger partial charge in [-0.3, -0.25) is 9.59 Å². The van der Waals surface area contributed by atoms with Gasteiger partial charge >= 0.3 is 0 Å². The van der Waals surface area contributed by atoms with E-state index in [9.17, 15) is 9.59 Å². The lowest BCUT2D eigenvalue weighted by atomic mass is 10.1. The number of thioether (sulfide) groups is 1. The maximum atomic E-state index is 12.1. The molecule has 0 aliphatic carbocycles. The van der Waals surface area contributed by atoms with Crippen LogP contribution in [0, 0.1) is 13.8 Å².